The van der Waals surface area contributed by atoms with Gasteiger partial charge in [0.1, 0.15) is 29.4 Å². The number of aromatic nitrogens is 3. The molecule has 3 aromatic heterocycles. The summed E-state index contributed by atoms with van der Waals surface area (Å²) in [7, 11) is 3.21. The van der Waals surface area contributed by atoms with Crippen molar-refractivity contribution >= 4 is 27.3 Å². The molecule has 44 heavy (non-hydrogen) atoms. The van der Waals surface area contributed by atoms with Crippen LogP contribution in [0.2, 0.25) is 0 Å². The summed E-state index contributed by atoms with van der Waals surface area (Å²) < 4.78 is 36.8. The summed E-state index contributed by atoms with van der Waals surface area (Å²) in [6.45, 7) is 3.18. The lowest BCUT2D eigenvalue weighted by molar-refractivity contribution is -0.176. The molecule has 3 atom stereocenters. The van der Waals surface area contributed by atoms with Crippen molar-refractivity contribution in [2.75, 3.05) is 20.8 Å². The largest absolute Gasteiger partial charge is 0.681 e. The Morgan fingerprint density at radius 3 is 2.84 bits per heavy atom. The van der Waals surface area contributed by atoms with Gasteiger partial charge < -0.3 is 33.4 Å². The van der Waals surface area contributed by atoms with Crippen LogP contribution in [-0.4, -0.2) is 47.8 Å². The molecule has 7 rings (SSSR count). The summed E-state index contributed by atoms with van der Waals surface area (Å²) in [6, 6.07) is 13.9. The van der Waals surface area contributed by atoms with Gasteiger partial charge in [-0.25, -0.2) is 9.50 Å². The lowest BCUT2D eigenvalue weighted by atomic mass is 9.99. The van der Waals surface area contributed by atoms with E-state index in [9.17, 15) is 0 Å². The van der Waals surface area contributed by atoms with Crippen molar-refractivity contribution in [1.82, 2.24) is 14.6 Å². The van der Waals surface area contributed by atoms with Gasteiger partial charge in [0.15, 0.2) is 12.1 Å². The topological polar surface area (TPSA) is 104 Å². The van der Waals surface area contributed by atoms with Gasteiger partial charge in [0, 0.05) is 18.7 Å². The zero-order chi connectivity index (χ0) is 30.0. The number of hydrogen-bond acceptors (Lipinski definition) is 9. The van der Waals surface area contributed by atoms with Crippen molar-refractivity contribution in [2.45, 2.75) is 51.2 Å². The molecule has 0 saturated carbocycles. The highest BCUT2D eigenvalue weighted by atomic mass is 32.1. The molecule has 1 fully saturated rings. The molecule has 0 radical (unpaired) electrons. The van der Waals surface area contributed by atoms with Crippen LogP contribution in [0, 0.1) is 0 Å². The second-order valence-corrected chi connectivity index (χ2v) is 11.7. The van der Waals surface area contributed by atoms with E-state index in [0.717, 1.165) is 52.9 Å². The molecule has 2 aliphatic rings. The molecule has 0 N–H and O–H groups in total. The Morgan fingerprint density at radius 1 is 1.14 bits per heavy atom. The number of rotatable bonds is 10. The van der Waals surface area contributed by atoms with Crippen molar-refractivity contribution in [1.29, 1.82) is 0 Å². The van der Waals surface area contributed by atoms with Crippen molar-refractivity contribution < 1.29 is 28.1 Å². The van der Waals surface area contributed by atoms with Crippen LogP contribution in [0.1, 0.15) is 43.4 Å². The van der Waals surface area contributed by atoms with Gasteiger partial charge >= 0.3 is 0 Å². The highest BCUT2D eigenvalue weighted by molar-refractivity contribution is 7.18. The SMILES string of the molecule is COc1cc(OCc2cccc(C3C=CC(C(C)OC4CCCCO4)=C[N-]3)c2)c2cc(-c3cn4nc(OC)sc4n3)oc2c1. The van der Waals surface area contributed by atoms with Crippen LogP contribution in [-0.2, 0) is 16.1 Å². The van der Waals surface area contributed by atoms with E-state index in [0.29, 0.717) is 40.3 Å². The summed E-state index contributed by atoms with van der Waals surface area (Å²) >= 11 is 1.36. The van der Waals surface area contributed by atoms with Crippen LogP contribution in [0.5, 0.6) is 16.7 Å². The van der Waals surface area contributed by atoms with Crippen LogP contribution in [0.25, 0.3) is 32.7 Å². The number of ether oxygens (including phenoxy) is 5. The zero-order valence-electron chi connectivity index (χ0n) is 24.8. The Kier molecular flexibility index (Phi) is 7.99. The summed E-state index contributed by atoms with van der Waals surface area (Å²) in [6.07, 6.45) is 10.9. The van der Waals surface area contributed by atoms with E-state index in [1.807, 2.05) is 43.6 Å². The molecule has 0 amide bonds. The maximum atomic E-state index is 6.35. The molecule has 1 saturated heterocycles. The maximum absolute atomic E-state index is 6.35. The molecule has 0 aliphatic carbocycles. The number of methoxy groups -OCH3 is 2. The number of hydrogen-bond donors (Lipinski definition) is 0. The first-order chi connectivity index (χ1) is 21.6. The predicted octanol–water partition coefficient (Wildman–Crippen LogP) is 7.60. The smallest absolute Gasteiger partial charge is 0.294 e. The Balaban J connectivity index is 1.04. The van der Waals surface area contributed by atoms with Gasteiger partial charge in [-0.2, -0.15) is 6.20 Å². The first kappa shape index (κ1) is 28.5. The van der Waals surface area contributed by atoms with Crippen molar-refractivity contribution in [3.8, 4) is 28.1 Å². The van der Waals surface area contributed by atoms with Crippen LogP contribution >= 0.6 is 11.3 Å². The molecule has 10 nitrogen and oxygen atoms in total. The van der Waals surface area contributed by atoms with Gasteiger partial charge in [0.05, 0.1) is 31.9 Å². The Labute approximate surface area is 258 Å². The van der Waals surface area contributed by atoms with E-state index in [-0.39, 0.29) is 18.4 Å². The molecule has 11 heteroatoms. The van der Waals surface area contributed by atoms with Gasteiger partial charge in [0.2, 0.25) is 4.96 Å². The molecule has 0 bridgehead atoms. The molecular weight excluding hydrogens is 580 g/mol. The number of nitrogens with zero attached hydrogens (tertiary/aromatic N) is 4. The van der Waals surface area contributed by atoms with Gasteiger partial charge in [-0.05, 0) is 54.7 Å². The molecule has 228 valence electrons. The molecule has 3 unspecified atom stereocenters. The van der Waals surface area contributed by atoms with E-state index >= 15 is 0 Å². The third-order valence-corrected chi connectivity index (χ3v) is 8.65. The van der Waals surface area contributed by atoms with E-state index in [1.54, 1.807) is 18.7 Å². The minimum absolute atomic E-state index is 0.0733. The third kappa shape index (κ3) is 5.90. The van der Waals surface area contributed by atoms with Crippen LogP contribution in [0.4, 0.5) is 0 Å². The highest BCUT2D eigenvalue weighted by Gasteiger charge is 2.20. The molecular formula is C33H33N4O6S-. The second-order valence-electron chi connectivity index (χ2n) is 10.8. The van der Waals surface area contributed by atoms with Crippen LogP contribution in [0.15, 0.2) is 77.0 Å². The minimum atomic E-state index is -0.133. The number of fused-ring (bicyclic) bond motifs is 2. The van der Waals surface area contributed by atoms with E-state index < -0.39 is 0 Å². The number of furan rings is 1. The third-order valence-electron chi connectivity index (χ3n) is 7.77. The number of imidazole rings is 1. The van der Waals surface area contributed by atoms with Gasteiger partial charge in [-0.15, -0.1) is 5.10 Å². The molecule has 5 aromatic rings. The first-order valence-corrected chi connectivity index (χ1v) is 15.5. The molecule has 2 aliphatic heterocycles. The predicted molar refractivity (Wildman–Crippen MR) is 167 cm³/mol. The van der Waals surface area contributed by atoms with Gasteiger partial charge in [-0.1, -0.05) is 48.0 Å². The van der Waals surface area contributed by atoms with Crippen molar-refractivity contribution in [3.63, 3.8) is 0 Å². The van der Waals surface area contributed by atoms with Crippen LogP contribution in [0.3, 0.4) is 0 Å². The van der Waals surface area contributed by atoms with Gasteiger partial charge in [-0.3, -0.25) is 0 Å². The molecule has 2 aromatic carbocycles. The second kappa shape index (κ2) is 12.4. The minimum Gasteiger partial charge on any atom is -0.681 e. The summed E-state index contributed by atoms with van der Waals surface area (Å²) in [5, 5.41) is 10.5. The fourth-order valence-electron chi connectivity index (χ4n) is 5.38. The lowest BCUT2D eigenvalue weighted by Crippen LogP contribution is -2.27. The summed E-state index contributed by atoms with van der Waals surface area (Å²) in [5.74, 6) is 1.91. The van der Waals surface area contributed by atoms with E-state index in [4.69, 9.17) is 33.4 Å². The maximum Gasteiger partial charge on any atom is 0.294 e. The van der Waals surface area contributed by atoms with Crippen molar-refractivity contribution in [2.24, 2.45) is 0 Å². The fraction of sp³-hybridized carbons (Fsp3) is 0.333. The van der Waals surface area contributed by atoms with Gasteiger partial charge in [0.25, 0.3) is 5.19 Å². The number of benzene rings is 2. The average molecular weight is 614 g/mol. The Bertz CT molecular complexity index is 1800. The monoisotopic (exact) mass is 613 g/mol. The molecule has 0 spiro atoms. The average Bonchev–Trinajstić information content (AvgIpc) is 3.78. The first-order valence-electron chi connectivity index (χ1n) is 14.7. The fourth-order valence-corrected chi connectivity index (χ4v) is 6.08. The highest BCUT2D eigenvalue weighted by Crippen LogP contribution is 2.38. The Morgan fingerprint density at radius 2 is 2.07 bits per heavy atom. The van der Waals surface area contributed by atoms with Crippen molar-refractivity contribution in [3.05, 3.63) is 89.0 Å². The zero-order valence-corrected chi connectivity index (χ0v) is 25.6. The van der Waals surface area contributed by atoms with E-state index in [1.165, 1.54) is 11.3 Å². The molecule has 5 heterocycles. The standard InChI is InChI=1S/C33H33N4O6S/c1-20(42-31-9-4-5-12-40-31)23-10-11-26(34-17-23)22-8-6-7-21(13-22)19-41-28-14-24(38-2)15-29-25(28)16-30(43-29)27-18-37-32(35-27)44-33(36-37)39-3/h6-8,10-11,13-18,20,26,31H,4-5,9,12,19H2,1-3H3/q-1. The summed E-state index contributed by atoms with van der Waals surface area (Å²) in [4.78, 5) is 5.37. The lowest BCUT2D eigenvalue weighted by Gasteiger charge is -2.34. The Hall–Kier alpha value is -4.32. The normalized spacial score (nSPS) is 19.1. The van der Waals surface area contributed by atoms with E-state index in [2.05, 4.69) is 40.4 Å². The summed E-state index contributed by atoms with van der Waals surface area (Å²) in [5.41, 5.74) is 4.48. The quantitative estimate of drug-likeness (QED) is 0.159. The van der Waals surface area contributed by atoms with Crippen LogP contribution < -0.4 is 14.2 Å².